The number of carbonyl (C=O) groups is 3. The lowest BCUT2D eigenvalue weighted by molar-refractivity contribution is -0.148. The molecule has 0 aromatic heterocycles. The molecule has 0 aliphatic carbocycles. The number of amides is 2. The Balaban J connectivity index is 2.16. The lowest BCUT2D eigenvalue weighted by Crippen LogP contribution is -2.49. The Kier molecular flexibility index (Phi) is 3.95. The largest absolute Gasteiger partial charge is 0.481 e. The van der Waals surface area contributed by atoms with Crippen molar-refractivity contribution in [3.05, 3.63) is 35.4 Å². The average molecular weight is 292 g/mol. The van der Waals surface area contributed by atoms with Crippen LogP contribution in [0.25, 0.3) is 0 Å². The number of rotatable bonds is 4. The summed E-state index contributed by atoms with van der Waals surface area (Å²) >= 11 is 0. The fourth-order valence-corrected chi connectivity index (χ4v) is 2.14. The number of carboxylic acid groups (broad SMARTS) is 1. The van der Waals surface area contributed by atoms with Crippen LogP contribution in [0.4, 0.5) is 0 Å². The molecule has 0 bridgehead atoms. The topological polar surface area (TPSA) is 119 Å². The monoisotopic (exact) mass is 292 g/mol. The third-order valence-corrected chi connectivity index (χ3v) is 3.66. The van der Waals surface area contributed by atoms with E-state index in [2.05, 4.69) is 5.32 Å². The highest BCUT2D eigenvalue weighted by Gasteiger charge is 2.47. The predicted octanol–water partition coefficient (Wildman–Crippen LogP) is 0.00500. The number of ether oxygens (including phenoxy) is 1. The Morgan fingerprint density at radius 2 is 2.05 bits per heavy atom. The van der Waals surface area contributed by atoms with Crippen molar-refractivity contribution in [1.29, 1.82) is 0 Å². The number of hydrogen-bond acceptors (Lipinski definition) is 4. The Bertz CT molecular complexity index is 601. The second-order valence-corrected chi connectivity index (χ2v) is 5.21. The van der Waals surface area contributed by atoms with E-state index in [1.165, 1.54) is 31.2 Å². The van der Waals surface area contributed by atoms with Crippen molar-refractivity contribution in [3.63, 3.8) is 0 Å². The Hall–Kier alpha value is -2.41. The van der Waals surface area contributed by atoms with Gasteiger partial charge >= 0.3 is 5.97 Å². The lowest BCUT2D eigenvalue weighted by atomic mass is 9.85. The number of primary amides is 1. The molecule has 0 spiro atoms. The molecule has 2 unspecified atom stereocenters. The fraction of sp³-hybridized carbons (Fsp3) is 0.357. The molecule has 7 nitrogen and oxygen atoms in total. The quantitative estimate of drug-likeness (QED) is 0.722. The third kappa shape index (κ3) is 2.87. The van der Waals surface area contributed by atoms with Crippen LogP contribution >= 0.6 is 0 Å². The van der Waals surface area contributed by atoms with Gasteiger partial charge in [-0.15, -0.1) is 0 Å². The molecule has 2 atom stereocenters. The Morgan fingerprint density at radius 3 is 2.67 bits per heavy atom. The Labute approximate surface area is 121 Å². The summed E-state index contributed by atoms with van der Waals surface area (Å²) in [7, 11) is 0. The standard InChI is InChI=1S/C14H16N2O5/c1-14(13(19)20)7-21-6-10(14)16-12(18)9-4-2-3-8(5-9)11(15)17/h2-5,10H,6-7H2,1H3,(H2,15,17)(H,16,18)(H,19,20). The summed E-state index contributed by atoms with van der Waals surface area (Å²) < 4.78 is 5.16. The first-order valence-electron chi connectivity index (χ1n) is 6.36. The third-order valence-electron chi connectivity index (χ3n) is 3.66. The molecular weight excluding hydrogens is 276 g/mol. The van der Waals surface area contributed by atoms with Crippen molar-refractivity contribution in [3.8, 4) is 0 Å². The van der Waals surface area contributed by atoms with Gasteiger partial charge in [0.05, 0.1) is 19.3 Å². The average Bonchev–Trinajstić information content (AvgIpc) is 2.81. The number of carbonyl (C=O) groups excluding carboxylic acids is 2. The lowest BCUT2D eigenvalue weighted by Gasteiger charge is -2.25. The van der Waals surface area contributed by atoms with Crippen molar-refractivity contribution in [1.82, 2.24) is 5.32 Å². The molecule has 1 aromatic rings. The van der Waals surface area contributed by atoms with Crippen LogP contribution in [0.15, 0.2) is 24.3 Å². The van der Waals surface area contributed by atoms with Crippen molar-refractivity contribution >= 4 is 17.8 Å². The molecule has 1 heterocycles. The van der Waals surface area contributed by atoms with E-state index in [1.54, 1.807) is 0 Å². The molecule has 112 valence electrons. The van der Waals surface area contributed by atoms with Crippen LogP contribution in [0.2, 0.25) is 0 Å². The molecule has 2 amide bonds. The van der Waals surface area contributed by atoms with Gasteiger partial charge in [0.25, 0.3) is 5.91 Å². The summed E-state index contributed by atoms with van der Waals surface area (Å²) in [4.78, 5) is 34.6. The van der Waals surface area contributed by atoms with E-state index in [9.17, 15) is 19.5 Å². The maximum absolute atomic E-state index is 12.2. The number of benzene rings is 1. The van der Waals surface area contributed by atoms with Gasteiger partial charge in [0.15, 0.2) is 0 Å². The summed E-state index contributed by atoms with van der Waals surface area (Å²) in [6.45, 7) is 1.69. The van der Waals surface area contributed by atoms with Crippen LogP contribution in [-0.4, -0.2) is 42.1 Å². The number of nitrogens with one attached hydrogen (secondary N) is 1. The van der Waals surface area contributed by atoms with Gasteiger partial charge in [0.1, 0.15) is 5.41 Å². The van der Waals surface area contributed by atoms with Gasteiger partial charge in [-0.1, -0.05) is 6.07 Å². The molecule has 1 aromatic carbocycles. The van der Waals surface area contributed by atoms with Gasteiger partial charge in [-0.05, 0) is 25.1 Å². The molecule has 21 heavy (non-hydrogen) atoms. The maximum atomic E-state index is 12.2. The molecule has 4 N–H and O–H groups in total. The van der Waals surface area contributed by atoms with Gasteiger partial charge in [0, 0.05) is 11.1 Å². The number of aliphatic carboxylic acids is 1. The van der Waals surface area contributed by atoms with Crippen molar-refractivity contribution < 1.29 is 24.2 Å². The fourth-order valence-electron chi connectivity index (χ4n) is 2.14. The zero-order valence-electron chi connectivity index (χ0n) is 11.5. The van der Waals surface area contributed by atoms with Crippen LogP contribution in [-0.2, 0) is 9.53 Å². The summed E-state index contributed by atoms with van der Waals surface area (Å²) in [5, 5.41) is 11.9. The van der Waals surface area contributed by atoms with E-state index >= 15 is 0 Å². The van der Waals surface area contributed by atoms with Gasteiger partial charge in [-0.3, -0.25) is 14.4 Å². The number of nitrogens with two attached hydrogens (primary N) is 1. The van der Waals surface area contributed by atoms with Gasteiger partial charge in [0.2, 0.25) is 5.91 Å². The maximum Gasteiger partial charge on any atom is 0.313 e. The summed E-state index contributed by atoms with van der Waals surface area (Å²) in [6.07, 6.45) is 0. The van der Waals surface area contributed by atoms with Gasteiger partial charge in [-0.2, -0.15) is 0 Å². The van der Waals surface area contributed by atoms with Crippen molar-refractivity contribution in [2.75, 3.05) is 13.2 Å². The zero-order chi connectivity index (χ0) is 15.6. The molecule has 7 heteroatoms. The van der Waals surface area contributed by atoms with Crippen LogP contribution in [0.5, 0.6) is 0 Å². The van der Waals surface area contributed by atoms with E-state index in [-0.39, 0.29) is 24.3 Å². The van der Waals surface area contributed by atoms with E-state index in [4.69, 9.17) is 10.5 Å². The molecule has 1 aliphatic heterocycles. The number of carboxylic acids is 1. The summed E-state index contributed by atoms with van der Waals surface area (Å²) in [6, 6.07) is 5.29. The minimum Gasteiger partial charge on any atom is -0.481 e. The molecule has 1 saturated heterocycles. The highest BCUT2D eigenvalue weighted by molar-refractivity contribution is 5.99. The van der Waals surface area contributed by atoms with E-state index in [0.29, 0.717) is 0 Å². The van der Waals surface area contributed by atoms with Crippen LogP contribution in [0.3, 0.4) is 0 Å². The molecule has 0 saturated carbocycles. The minimum absolute atomic E-state index is 0.0363. The van der Waals surface area contributed by atoms with Crippen LogP contribution < -0.4 is 11.1 Å². The molecule has 1 aliphatic rings. The summed E-state index contributed by atoms with van der Waals surface area (Å²) in [5.74, 6) is -2.14. The van der Waals surface area contributed by atoms with E-state index < -0.39 is 29.2 Å². The van der Waals surface area contributed by atoms with Crippen LogP contribution in [0.1, 0.15) is 27.6 Å². The first-order chi connectivity index (χ1) is 9.84. The van der Waals surface area contributed by atoms with Gasteiger partial charge < -0.3 is 20.9 Å². The van der Waals surface area contributed by atoms with Crippen LogP contribution in [0, 0.1) is 5.41 Å². The number of hydrogen-bond donors (Lipinski definition) is 3. The Morgan fingerprint density at radius 1 is 1.38 bits per heavy atom. The molecular formula is C14H16N2O5. The molecule has 0 radical (unpaired) electrons. The van der Waals surface area contributed by atoms with E-state index in [0.717, 1.165) is 0 Å². The highest BCUT2D eigenvalue weighted by Crippen LogP contribution is 2.28. The first kappa shape index (κ1) is 15.0. The molecule has 2 rings (SSSR count). The van der Waals surface area contributed by atoms with Crippen molar-refractivity contribution in [2.24, 2.45) is 11.1 Å². The van der Waals surface area contributed by atoms with Gasteiger partial charge in [-0.25, -0.2) is 0 Å². The molecule has 1 fully saturated rings. The SMILES string of the molecule is CC1(C(=O)O)COCC1NC(=O)c1cccc(C(N)=O)c1. The highest BCUT2D eigenvalue weighted by atomic mass is 16.5. The minimum atomic E-state index is -1.17. The summed E-state index contributed by atoms with van der Waals surface area (Å²) in [5.41, 5.74) is 4.45. The zero-order valence-corrected chi connectivity index (χ0v) is 11.5. The van der Waals surface area contributed by atoms with Crippen molar-refractivity contribution in [2.45, 2.75) is 13.0 Å². The van der Waals surface area contributed by atoms with E-state index in [1.807, 2.05) is 0 Å². The second kappa shape index (κ2) is 5.53. The first-order valence-corrected chi connectivity index (χ1v) is 6.36. The second-order valence-electron chi connectivity index (χ2n) is 5.21. The predicted molar refractivity (Wildman–Crippen MR) is 72.8 cm³/mol. The normalized spacial score (nSPS) is 24.5. The smallest absolute Gasteiger partial charge is 0.313 e.